The molecule has 1 aliphatic heterocycles. The van der Waals surface area contributed by atoms with Crippen LogP contribution < -0.4 is 5.32 Å². The van der Waals surface area contributed by atoms with Gasteiger partial charge in [-0.2, -0.15) is 0 Å². The first-order valence-electron chi connectivity index (χ1n) is 10.1. The van der Waals surface area contributed by atoms with Gasteiger partial charge in [-0.1, -0.05) is 22.7 Å². The number of piperidine rings is 1. The maximum Gasteiger partial charge on any atom is 0.264 e. The van der Waals surface area contributed by atoms with Crippen molar-refractivity contribution in [3.05, 3.63) is 65.2 Å². The molecular weight excluding hydrogens is 418 g/mol. The third kappa shape index (κ3) is 5.49. The van der Waals surface area contributed by atoms with E-state index in [1.54, 1.807) is 18.2 Å². The summed E-state index contributed by atoms with van der Waals surface area (Å²) in [6.07, 6.45) is 3.20. The van der Waals surface area contributed by atoms with Crippen molar-refractivity contribution in [1.82, 2.24) is 14.7 Å². The summed E-state index contributed by atoms with van der Waals surface area (Å²) in [5, 5.41) is 2.78. The number of hydroxylamine groups is 1. The minimum atomic E-state index is -3.85. The number of carbonyl (C=O) groups is 2. The van der Waals surface area contributed by atoms with Gasteiger partial charge in [0.2, 0.25) is 0 Å². The average Bonchev–Trinajstić information content (AvgIpc) is 2.82. The fourth-order valence-electron chi connectivity index (χ4n) is 3.42. The lowest BCUT2D eigenvalue weighted by atomic mass is 10.1. The molecule has 8 nitrogen and oxygen atoms in total. The number of likely N-dealkylation sites (tertiary alicyclic amines) is 1. The first kappa shape index (κ1) is 22.9. The molecule has 0 aliphatic carbocycles. The van der Waals surface area contributed by atoms with Gasteiger partial charge in [-0.25, -0.2) is 8.42 Å². The second-order valence-electron chi connectivity index (χ2n) is 7.36. The van der Waals surface area contributed by atoms with E-state index in [0.717, 1.165) is 42.4 Å². The van der Waals surface area contributed by atoms with E-state index in [9.17, 15) is 18.0 Å². The van der Waals surface area contributed by atoms with Gasteiger partial charge in [-0.15, -0.1) is 0 Å². The molecule has 1 aliphatic rings. The fourth-order valence-corrected chi connectivity index (χ4v) is 4.44. The highest BCUT2D eigenvalue weighted by Gasteiger charge is 2.22. The number of benzene rings is 2. The Bertz CT molecular complexity index is 1050. The maximum atomic E-state index is 12.7. The molecule has 166 valence electrons. The Morgan fingerprint density at radius 2 is 1.71 bits per heavy atom. The van der Waals surface area contributed by atoms with Gasteiger partial charge in [0.25, 0.3) is 21.8 Å². The SMILES string of the molecule is CON(C)S(=O)(=O)c1cccc(C(=O)NCc2cccc(C(=O)N3CCCCC3)c2)c1. The molecule has 0 unspecified atom stereocenters. The number of hydrogen-bond donors (Lipinski definition) is 1. The Labute approximate surface area is 182 Å². The van der Waals surface area contributed by atoms with Crippen LogP contribution in [0.25, 0.3) is 0 Å². The van der Waals surface area contributed by atoms with Crippen LogP contribution >= 0.6 is 0 Å². The summed E-state index contributed by atoms with van der Waals surface area (Å²) in [6.45, 7) is 1.77. The molecular formula is C22H27N3O5S. The van der Waals surface area contributed by atoms with E-state index in [0.29, 0.717) is 5.56 Å². The van der Waals surface area contributed by atoms with Crippen LogP contribution in [0.2, 0.25) is 0 Å². The molecule has 1 saturated heterocycles. The predicted octanol–water partition coefficient (Wildman–Crippen LogP) is 2.42. The van der Waals surface area contributed by atoms with Crippen molar-refractivity contribution in [2.45, 2.75) is 30.7 Å². The molecule has 9 heteroatoms. The lowest BCUT2D eigenvalue weighted by Crippen LogP contribution is -2.35. The number of amides is 2. The third-order valence-electron chi connectivity index (χ3n) is 5.26. The maximum absolute atomic E-state index is 12.7. The molecule has 2 amide bonds. The average molecular weight is 446 g/mol. The molecule has 2 aromatic rings. The van der Waals surface area contributed by atoms with E-state index in [1.807, 2.05) is 11.0 Å². The third-order valence-corrected chi connectivity index (χ3v) is 6.94. The van der Waals surface area contributed by atoms with Gasteiger partial charge in [-0.05, 0) is 55.2 Å². The van der Waals surface area contributed by atoms with Crippen molar-refractivity contribution in [3.8, 4) is 0 Å². The van der Waals surface area contributed by atoms with Crippen molar-refractivity contribution < 1.29 is 22.8 Å². The van der Waals surface area contributed by atoms with E-state index < -0.39 is 15.9 Å². The van der Waals surface area contributed by atoms with Crippen molar-refractivity contribution >= 4 is 21.8 Å². The standard InChI is InChI=1S/C22H27N3O5S/c1-24(30-2)31(28,29)20-11-7-9-18(15-20)21(26)23-16-17-8-6-10-19(14-17)22(27)25-12-4-3-5-13-25/h6-11,14-15H,3-5,12-13,16H2,1-2H3,(H,23,26). The number of sulfonamides is 1. The number of rotatable bonds is 7. The van der Waals surface area contributed by atoms with E-state index >= 15 is 0 Å². The Kier molecular flexibility index (Phi) is 7.42. The van der Waals surface area contributed by atoms with Crippen LogP contribution in [0.5, 0.6) is 0 Å². The van der Waals surface area contributed by atoms with E-state index in [2.05, 4.69) is 5.32 Å². The highest BCUT2D eigenvalue weighted by Crippen LogP contribution is 2.17. The number of carbonyl (C=O) groups excluding carboxylic acids is 2. The largest absolute Gasteiger partial charge is 0.348 e. The highest BCUT2D eigenvalue weighted by atomic mass is 32.2. The number of hydrogen-bond acceptors (Lipinski definition) is 5. The summed E-state index contributed by atoms with van der Waals surface area (Å²) in [5.74, 6) is -0.405. The van der Waals surface area contributed by atoms with Crippen LogP contribution in [-0.2, 0) is 21.4 Å². The normalized spacial score (nSPS) is 14.5. The molecule has 31 heavy (non-hydrogen) atoms. The molecule has 0 saturated carbocycles. The molecule has 0 bridgehead atoms. The van der Waals surface area contributed by atoms with Gasteiger partial charge in [0, 0.05) is 37.8 Å². The Hall–Kier alpha value is -2.75. The lowest BCUT2D eigenvalue weighted by Gasteiger charge is -2.26. The van der Waals surface area contributed by atoms with Gasteiger partial charge >= 0.3 is 0 Å². The van der Waals surface area contributed by atoms with E-state index in [1.165, 1.54) is 38.4 Å². The van der Waals surface area contributed by atoms with Crippen LogP contribution in [0.3, 0.4) is 0 Å². The smallest absolute Gasteiger partial charge is 0.264 e. The summed E-state index contributed by atoms with van der Waals surface area (Å²) in [7, 11) is -1.32. The first-order chi connectivity index (χ1) is 14.8. The van der Waals surface area contributed by atoms with Crippen LogP contribution in [0.1, 0.15) is 45.5 Å². The van der Waals surface area contributed by atoms with Crippen LogP contribution in [0.4, 0.5) is 0 Å². The van der Waals surface area contributed by atoms with Gasteiger partial charge in [0.15, 0.2) is 0 Å². The van der Waals surface area contributed by atoms with Crippen LogP contribution in [0, 0.1) is 0 Å². The van der Waals surface area contributed by atoms with E-state index in [-0.39, 0.29) is 22.9 Å². The first-order valence-corrected chi connectivity index (χ1v) is 11.6. The molecule has 0 atom stereocenters. The molecule has 0 spiro atoms. The molecule has 0 aromatic heterocycles. The minimum absolute atomic E-state index is 0.00745. The quantitative estimate of drug-likeness (QED) is 0.661. The van der Waals surface area contributed by atoms with Gasteiger partial charge in [0.1, 0.15) is 0 Å². The van der Waals surface area contributed by atoms with Crippen LogP contribution in [0.15, 0.2) is 53.4 Å². The monoisotopic (exact) mass is 445 g/mol. The number of nitrogens with one attached hydrogen (secondary N) is 1. The second kappa shape index (κ2) is 10.0. The van der Waals surface area contributed by atoms with Crippen molar-refractivity contribution in [1.29, 1.82) is 0 Å². The topological polar surface area (TPSA) is 96.0 Å². The summed E-state index contributed by atoms with van der Waals surface area (Å²) in [4.78, 5) is 31.9. The summed E-state index contributed by atoms with van der Waals surface area (Å²) in [5.41, 5.74) is 1.61. The lowest BCUT2D eigenvalue weighted by molar-refractivity contribution is -0.0258. The van der Waals surface area contributed by atoms with Crippen molar-refractivity contribution in [2.24, 2.45) is 0 Å². The molecule has 1 heterocycles. The second-order valence-corrected chi connectivity index (χ2v) is 9.30. The Morgan fingerprint density at radius 3 is 2.42 bits per heavy atom. The molecule has 1 fully saturated rings. The zero-order valence-corrected chi connectivity index (χ0v) is 18.5. The Morgan fingerprint density at radius 1 is 1.03 bits per heavy atom. The van der Waals surface area contributed by atoms with Crippen LogP contribution in [-0.4, -0.2) is 56.8 Å². The number of nitrogens with zero attached hydrogens (tertiary/aromatic N) is 2. The minimum Gasteiger partial charge on any atom is -0.348 e. The van der Waals surface area contributed by atoms with Crippen molar-refractivity contribution in [3.63, 3.8) is 0 Å². The summed E-state index contributed by atoms with van der Waals surface area (Å²) in [6, 6.07) is 12.9. The highest BCUT2D eigenvalue weighted by molar-refractivity contribution is 7.89. The van der Waals surface area contributed by atoms with Gasteiger partial charge < -0.3 is 10.2 Å². The predicted molar refractivity (Wildman–Crippen MR) is 116 cm³/mol. The van der Waals surface area contributed by atoms with Crippen molar-refractivity contribution in [2.75, 3.05) is 27.2 Å². The zero-order valence-electron chi connectivity index (χ0n) is 17.7. The zero-order chi connectivity index (χ0) is 22.4. The molecule has 3 rings (SSSR count). The Balaban J connectivity index is 1.67. The fraction of sp³-hybridized carbons (Fsp3) is 0.364. The summed E-state index contributed by atoms with van der Waals surface area (Å²) >= 11 is 0. The van der Waals surface area contributed by atoms with Gasteiger partial charge in [0.05, 0.1) is 12.0 Å². The summed E-state index contributed by atoms with van der Waals surface area (Å²) < 4.78 is 25.5. The molecule has 1 N–H and O–H groups in total. The molecule has 0 radical (unpaired) electrons. The molecule has 2 aromatic carbocycles. The van der Waals surface area contributed by atoms with E-state index in [4.69, 9.17) is 4.84 Å². The van der Waals surface area contributed by atoms with Gasteiger partial charge in [-0.3, -0.25) is 14.4 Å².